The van der Waals surface area contributed by atoms with Crippen LogP contribution in [-0.2, 0) is 0 Å². The zero-order valence-corrected chi connectivity index (χ0v) is 44.2. The number of rotatable bonds is 6. The summed E-state index contributed by atoms with van der Waals surface area (Å²) in [6.45, 7) is 0. The Hall–Kier alpha value is -11.0. The van der Waals surface area contributed by atoms with Crippen LogP contribution in [0.1, 0.15) is 11.1 Å². The molecule has 374 valence electrons. The maximum absolute atomic E-state index is 9.48. The summed E-state index contributed by atoms with van der Waals surface area (Å²) in [4.78, 5) is 0. The van der Waals surface area contributed by atoms with Crippen molar-refractivity contribution in [2.24, 2.45) is 0 Å². The highest BCUT2D eigenvalue weighted by Gasteiger charge is 2.20. The van der Waals surface area contributed by atoms with Gasteiger partial charge in [-0.3, -0.25) is 0 Å². The number of thiophene rings is 1. The van der Waals surface area contributed by atoms with Crippen LogP contribution in [-0.4, -0.2) is 18.3 Å². The molecule has 5 aromatic heterocycles. The smallest absolute Gasteiger partial charge is 0.0991 e. The van der Waals surface area contributed by atoms with E-state index in [4.69, 9.17) is 0 Å². The number of nitriles is 2. The van der Waals surface area contributed by atoms with Gasteiger partial charge in [0.1, 0.15) is 0 Å². The molecule has 6 nitrogen and oxygen atoms in total. The van der Waals surface area contributed by atoms with Gasteiger partial charge in [0, 0.05) is 86.0 Å². The van der Waals surface area contributed by atoms with Crippen LogP contribution in [0.4, 0.5) is 0 Å². The average molecular weight is 1050 g/mol. The van der Waals surface area contributed by atoms with Gasteiger partial charge in [0.15, 0.2) is 0 Å². The second-order valence-corrected chi connectivity index (χ2v) is 22.2. The first-order valence-corrected chi connectivity index (χ1v) is 28.0. The number of aromatic nitrogens is 4. The summed E-state index contributed by atoms with van der Waals surface area (Å²) in [7, 11) is 0. The number of para-hydroxylation sites is 4. The third-order valence-corrected chi connectivity index (χ3v) is 17.9. The van der Waals surface area contributed by atoms with Crippen molar-refractivity contribution >= 4 is 119 Å². The van der Waals surface area contributed by atoms with E-state index < -0.39 is 0 Å². The largest absolute Gasteiger partial charge is 0.309 e. The van der Waals surface area contributed by atoms with Crippen molar-refractivity contribution in [2.45, 2.75) is 0 Å². The Balaban J connectivity index is 0.737. The molecule has 0 saturated carbocycles. The van der Waals surface area contributed by atoms with Crippen LogP contribution < -0.4 is 0 Å². The van der Waals surface area contributed by atoms with Gasteiger partial charge in [-0.1, -0.05) is 109 Å². The van der Waals surface area contributed by atoms with E-state index in [9.17, 15) is 10.5 Å². The number of hydrogen-bond donors (Lipinski definition) is 0. The van der Waals surface area contributed by atoms with Crippen LogP contribution in [0.25, 0.3) is 152 Å². The second kappa shape index (κ2) is 17.3. The fourth-order valence-corrected chi connectivity index (χ4v) is 14.3. The molecule has 0 aliphatic rings. The molecule has 0 saturated heterocycles. The van der Waals surface area contributed by atoms with Crippen LogP contribution in [0.3, 0.4) is 0 Å². The molecule has 0 aliphatic heterocycles. The van der Waals surface area contributed by atoms with Gasteiger partial charge in [0.2, 0.25) is 0 Å². The normalized spacial score (nSPS) is 11.9. The van der Waals surface area contributed by atoms with E-state index in [-0.39, 0.29) is 0 Å². The van der Waals surface area contributed by atoms with Gasteiger partial charge in [-0.2, -0.15) is 10.5 Å². The SMILES string of the molecule is N#Cc1ccc(-n2c3ccccc3c3cc(-c4ccc5c(c4)c4ccccc4n5-c4ccc5c(c4)sc4cc(-n6c7ccccc7c7cc(-c8ccc9c(c8)c8ccccc8n9-c8ccc(C#N)cc8)ccc76)ccc45)ccc32)cc1. The van der Waals surface area contributed by atoms with Gasteiger partial charge in [-0.05, 0) is 168 Å². The van der Waals surface area contributed by atoms with E-state index in [1.54, 1.807) is 0 Å². The molecule has 81 heavy (non-hydrogen) atoms. The highest BCUT2D eigenvalue weighted by Crippen LogP contribution is 2.43. The maximum atomic E-state index is 9.48. The van der Waals surface area contributed by atoms with E-state index in [0.717, 1.165) is 55.9 Å². The number of nitrogens with zero attached hydrogens (tertiary/aromatic N) is 6. The van der Waals surface area contributed by atoms with E-state index in [2.05, 4.69) is 237 Å². The molecule has 5 heterocycles. The van der Waals surface area contributed by atoms with Crippen molar-refractivity contribution in [1.29, 1.82) is 10.5 Å². The van der Waals surface area contributed by atoms with Crippen molar-refractivity contribution in [3.8, 4) is 57.1 Å². The lowest BCUT2D eigenvalue weighted by atomic mass is 10.0. The summed E-state index contributed by atoms with van der Waals surface area (Å²) in [6.07, 6.45) is 0. The van der Waals surface area contributed by atoms with E-state index in [1.807, 2.05) is 59.9 Å². The minimum atomic E-state index is 0.650. The molecule has 0 bridgehead atoms. The van der Waals surface area contributed by atoms with Crippen LogP contribution in [0.15, 0.2) is 255 Å². The van der Waals surface area contributed by atoms with Gasteiger partial charge in [-0.15, -0.1) is 11.3 Å². The van der Waals surface area contributed by atoms with Crippen molar-refractivity contribution in [3.63, 3.8) is 0 Å². The fraction of sp³-hybridized carbons (Fsp3) is 0. The Morgan fingerprint density at radius 3 is 0.815 bits per heavy atom. The van der Waals surface area contributed by atoms with E-state index in [0.29, 0.717) is 11.1 Å². The van der Waals surface area contributed by atoms with Crippen LogP contribution >= 0.6 is 11.3 Å². The summed E-state index contributed by atoms with van der Waals surface area (Å²) >= 11 is 1.86. The Bertz CT molecular complexity index is 5260. The standard InChI is InChI=1S/C74H42N6S/c75-43-45-17-25-51(26-18-45)77-65-13-5-1-9-55(65)61-37-47(21-33-69(61)77)49-23-35-71-63(39-49)57-11-3-7-15-67(57)79(71)53-29-31-59-60-32-30-54(42-74(60)81-73(59)41-53)80-68-16-8-4-12-58(68)64-40-50(24-36-72(64)80)48-22-34-70-62(38-48)56-10-2-6-14-66(56)78(70)52-27-19-46(44-76)20-28-52/h1-42H. The Morgan fingerprint density at radius 2 is 0.506 bits per heavy atom. The van der Waals surface area contributed by atoms with E-state index >= 15 is 0 Å². The predicted molar refractivity (Wildman–Crippen MR) is 337 cm³/mol. The molecule has 17 rings (SSSR count). The third-order valence-electron chi connectivity index (χ3n) is 16.8. The zero-order chi connectivity index (χ0) is 53.4. The number of benzene rings is 12. The zero-order valence-electron chi connectivity index (χ0n) is 43.3. The van der Waals surface area contributed by atoms with Crippen molar-refractivity contribution in [1.82, 2.24) is 18.3 Å². The summed E-state index contributed by atoms with van der Waals surface area (Å²) in [6, 6.07) is 96.4. The maximum Gasteiger partial charge on any atom is 0.0991 e. The molecule has 0 unspecified atom stereocenters. The first kappa shape index (κ1) is 45.1. The molecule has 0 spiro atoms. The molecular formula is C74H42N6S. The topological polar surface area (TPSA) is 67.3 Å². The highest BCUT2D eigenvalue weighted by atomic mass is 32.1. The fourth-order valence-electron chi connectivity index (χ4n) is 13.1. The summed E-state index contributed by atoms with van der Waals surface area (Å²) in [5.41, 5.74) is 19.5. The van der Waals surface area contributed by atoms with Crippen LogP contribution in [0.5, 0.6) is 0 Å². The molecule has 0 radical (unpaired) electrons. The van der Waals surface area contributed by atoms with Crippen molar-refractivity contribution in [3.05, 3.63) is 266 Å². The second-order valence-electron chi connectivity index (χ2n) is 21.1. The lowest BCUT2D eigenvalue weighted by molar-refractivity contribution is 1.18. The predicted octanol–water partition coefficient (Wildman–Crippen LogP) is 19.5. The number of hydrogen-bond acceptors (Lipinski definition) is 3. The Morgan fingerprint density at radius 1 is 0.235 bits per heavy atom. The minimum absolute atomic E-state index is 0.650. The van der Waals surface area contributed by atoms with Gasteiger partial charge in [0.05, 0.1) is 67.4 Å². The molecule has 7 heteroatoms. The molecule has 17 aromatic rings. The van der Waals surface area contributed by atoms with E-state index in [1.165, 1.54) is 96.5 Å². The van der Waals surface area contributed by atoms with Gasteiger partial charge < -0.3 is 18.3 Å². The minimum Gasteiger partial charge on any atom is -0.309 e. The first-order valence-electron chi connectivity index (χ1n) is 27.2. The molecule has 0 N–H and O–H groups in total. The summed E-state index contributed by atoms with van der Waals surface area (Å²) in [5, 5.41) is 31.1. The monoisotopic (exact) mass is 1050 g/mol. The lowest BCUT2D eigenvalue weighted by Gasteiger charge is -2.10. The molecule has 12 aromatic carbocycles. The molecule has 0 fully saturated rings. The van der Waals surface area contributed by atoms with Gasteiger partial charge in [-0.25, -0.2) is 0 Å². The molecule has 0 aliphatic carbocycles. The van der Waals surface area contributed by atoms with Crippen LogP contribution in [0.2, 0.25) is 0 Å². The molecule has 0 amide bonds. The Labute approximate surface area is 467 Å². The van der Waals surface area contributed by atoms with Crippen molar-refractivity contribution < 1.29 is 0 Å². The number of fused-ring (bicyclic) bond motifs is 15. The van der Waals surface area contributed by atoms with Gasteiger partial charge >= 0.3 is 0 Å². The quantitative estimate of drug-likeness (QED) is 0.167. The average Bonchev–Trinajstić information content (AvgIpc) is 4.52. The molecule has 0 atom stereocenters. The lowest BCUT2D eigenvalue weighted by Crippen LogP contribution is -1.94. The highest BCUT2D eigenvalue weighted by molar-refractivity contribution is 7.25. The van der Waals surface area contributed by atoms with Crippen LogP contribution in [0, 0.1) is 22.7 Å². The first-order chi connectivity index (χ1) is 40.0. The molecular weight excluding hydrogens is 1000 g/mol. The summed E-state index contributed by atoms with van der Waals surface area (Å²) < 4.78 is 11.9. The Kier molecular flexibility index (Phi) is 9.62. The van der Waals surface area contributed by atoms with Crippen molar-refractivity contribution in [2.75, 3.05) is 0 Å². The third kappa shape index (κ3) is 6.71. The summed E-state index contributed by atoms with van der Waals surface area (Å²) in [5.74, 6) is 0. The van der Waals surface area contributed by atoms with Gasteiger partial charge in [0.25, 0.3) is 0 Å².